The van der Waals surface area contributed by atoms with Crippen LogP contribution < -0.4 is 19.5 Å². The first-order valence-corrected chi connectivity index (χ1v) is 21.7. The third-order valence-electron chi connectivity index (χ3n) is 12.3. The highest BCUT2D eigenvalue weighted by Crippen LogP contribution is 2.93. The summed E-state index contributed by atoms with van der Waals surface area (Å²) < 4.78 is 22.3. The average Bonchev–Trinajstić information content (AvgIpc) is 4.13. The Morgan fingerprint density at radius 1 is 0.966 bits per heavy atom. The fourth-order valence-electron chi connectivity index (χ4n) is 9.30. The van der Waals surface area contributed by atoms with Crippen LogP contribution in [-0.4, -0.2) is 67.5 Å². The average molecular weight is 828 g/mol. The second-order valence-corrected chi connectivity index (χ2v) is 19.2. The van der Waals surface area contributed by atoms with Crippen molar-refractivity contribution in [1.82, 2.24) is 29.4 Å². The van der Waals surface area contributed by atoms with Crippen molar-refractivity contribution in [2.45, 2.75) is 109 Å². The summed E-state index contributed by atoms with van der Waals surface area (Å²) in [7, 11) is 0. The van der Waals surface area contributed by atoms with Crippen molar-refractivity contribution in [2.75, 3.05) is 25.0 Å². The first kappa shape index (κ1) is 40.3. The molecule has 12 nitrogen and oxygen atoms in total. The highest BCUT2D eigenvalue weighted by molar-refractivity contribution is 7.97. The number of benzene rings is 1. The first-order valence-electron chi connectivity index (χ1n) is 20.5. The lowest BCUT2D eigenvalue weighted by molar-refractivity contribution is 0.0130. The maximum atomic E-state index is 13.4. The summed E-state index contributed by atoms with van der Waals surface area (Å²) >= 11 is 7.63. The van der Waals surface area contributed by atoms with Gasteiger partial charge in [0.1, 0.15) is 34.0 Å². The van der Waals surface area contributed by atoms with Gasteiger partial charge in [-0.3, -0.25) is 9.52 Å². The Labute approximate surface area is 350 Å². The van der Waals surface area contributed by atoms with Crippen LogP contribution in [0.3, 0.4) is 0 Å². The molecule has 4 fully saturated rings. The number of carbonyl (C=O) groups is 2. The molecule has 4 aliphatic rings. The van der Waals surface area contributed by atoms with Crippen molar-refractivity contribution in [3.05, 3.63) is 83.1 Å². The third kappa shape index (κ3) is 8.90. The molecule has 0 radical (unpaired) electrons. The molecule has 4 heterocycles. The molecule has 0 bridgehead atoms. The lowest BCUT2D eigenvalue weighted by Gasteiger charge is -2.33. The van der Waals surface area contributed by atoms with Crippen LogP contribution in [0.5, 0.6) is 11.6 Å². The van der Waals surface area contributed by atoms with Crippen LogP contribution in [0, 0.1) is 22.7 Å². The van der Waals surface area contributed by atoms with Crippen molar-refractivity contribution in [1.29, 1.82) is 0 Å². The molecule has 3 saturated carbocycles. The number of ether oxygens (including phenoxy) is 3. The van der Waals surface area contributed by atoms with Crippen molar-refractivity contribution in [2.24, 2.45) is 22.7 Å². The third-order valence-corrected chi connectivity index (χ3v) is 13.3. The van der Waals surface area contributed by atoms with Crippen LogP contribution in [0.15, 0.2) is 71.9 Å². The molecule has 3 aromatic heterocycles. The van der Waals surface area contributed by atoms with Crippen LogP contribution in [0.25, 0.3) is 5.82 Å². The minimum Gasteiger partial charge on any atom is -0.489 e. The predicted molar refractivity (Wildman–Crippen MR) is 224 cm³/mol. The molecule has 2 amide bonds. The van der Waals surface area contributed by atoms with E-state index in [1.807, 2.05) is 68.1 Å². The Kier molecular flexibility index (Phi) is 11.1. The molecule has 2 N–H and O–H groups in total. The van der Waals surface area contributed by atoms with Gasteiger partial charge in [0.2, 0.25) is 5.88 Å². The minimum atomic E-state index is -0.535. The SMILES string of the molecule is CC(C)(C)OC(=O)N1CC(CCCNc2cc(OCc3ccccc3)cc(SNC(=O)c3ccc(-n4ccc(OCCC5C6(CC6)C56CC6)n4)nc3Cl)n2)CC1(C)C. The molecule has 1 aromatic carbocycles. The molecule has 8 rings (SSSR count). The summed E-state index contributed by atoms with van der Waals surface area (Å²) in [5.74, 6) is 3.06. The van der Waals surface area contributed by atoms with Crippen LogP contribution in [-0.2, 0) is 11.3 Å². The van der Waals surface area contributed by atoms with E-state index in [2.05, 4.69) is 34.0 Å². The van der Waals surface area contributed by atoms with E-state index in [9.17, 15) is 9.59 Å². The van der Waals surface area contributed by atoms with Gasteiger partial charge >= 0.3 is 6.09 Å². The van der Waals surface area contributed by atoms with Crippen LogP contribution >= 0.6 is 23.5 Å². The lowest BCUT2D eigenvalue weighted by atomic mass is 9.93. The van der Waals surface area contributed by atoms with Crippen LogP contribution in [0.2, 0.25) is 5.15 Å². The zero-order valence-corrected chi connectivity index (χ0v) is 35.6. The topological polar surface area (TPSA) is 133 Å². The first-order chi connectivity index (χ1) is 27.7. The number of nitrogens with zero attached hydrogens (tertiary/aromatic N) is 5. The monoisotopic (exact) mass is 827 g/mol. The summed E-state index contributed by atoms with van der Waals surface area (Å²) in [5, 5.41) is 8.58. The van der Waals surface area contributed by atoms with Crippen molar-refractivity contribution >= 4 is 41.4 Å². The van der Waals surface area contributed by atoms with Gasteiger partial charge in [0.15, 0.2) is 5.82 Å². The van der Waals surface area contributed by atoms with Gasteiger partial charge in [0, 0.05) is 55.0 Å². The van der Waals surface area contributed by atoms with E-state index < -0.39 is 11.5 Å². The van der Waals surface area contributed by atoms with Gasteiger partial charge in [-0.15, -0.1) is 5.10 Å². The van der Waals surface area contributed by atoms with E-state index in [-0.39, 0.29) is 22.3 Å². The Hall–Kier alpha value is -4.49. The highest BCUT2D eigenvalue weighted by Gasteiger charge is 2.85. The summed E-state index contributed by atoms with van der Waals surface area (Å²) in [6.07, 6.45) is 11.0. The largest absolute Gasteiger partial charge is 0.489 e. The maximum Gasteiger partial charge on any atom is 0.410 e. The standard InChI is InChI=1S/C44H54ClN7O5S/c1-41(2,3)57-40(54)51-27-30(26-42(51,4)5)12-9-21-46-34-24-31(56-28-29-10-7-6-8-11-29)25-37(47-34)58-50-39(53)32-13-14-35(48-38(32)45)52-22-15-36(49-52)55-23-16-33-43(17-18-43)44(33)19-20-44/h6-8,10-11,13-15,22,24-25,30,33H,9,12,16-21,23,26-28H2,1-5H3,(H,46,47)(H,50,53). The minimum absolute atomic E-state index is 0.0573. The zero-order chi connectivity index (χ0) is 40.7. The quantitative estimate of drug-likeness (QED) is 0.0640. The number of carbonyl (C=O) groups excluding carboxylic acids is 2. The second kappa shape index (κ2) is 15.9. The summed E-state index contributed by atoms with van der Waals surface area (Å²) in [4.78, 5) is 37.4. The van der Waals surface area contributed by atoms with Gasteiger partial charge in [0.05, 0.1) is 12.2 Å². The molecule has 3 aliphatic carbocycles. The number of hydrogen-bond donors (Lipinski definition) is 2. The van der Waals surface area contributed by atoms with E-state index in [0.717, 1.165) is 49.1 Å². The zero-order valence-electron chi connectivity index (χ0n) is 34.1. The van der Waals surface area contributed by atoms with E-state index in [0.29, 0.717) is 71.3 Å². The number of rotatable bonds is 16. The molecular formula is C44H54ClN7O5S. The molecule has 14 heteroatoms. The van der Waals surface area contributed by atoms with Crippen molar-refractivity contribution in [3.63, 3.8) is 0 Å². The van der Waals surface area contributed by atoms with Gasteiger partial charge in [0.25, 0.3) is 5.91 Å². The molecule has 1 aliphatic heterocycles. The maximum absolute atomic E-state index is 13.4. The number of nitrogens with one attached hydrogen (secondary N) is 2. The number of aromatic nitrogens is 4. The lowest BCUT2D eigenvalue weighted by Crippen LogP contribution is -2.45. The predicted octanol–water partition coefficient (Wildman–Crippen LogP) is 9.52. The molecule has 1 unspecified atom stereocenters. The van der Waals surface area contributed by atoms with E-state index in [4.69, 9.17) is 30.8 Å². The van der Waals surface area contributed by atoms with Crippen molar-refractivity contribution < 1.29 is 23.8 Å². The number of amides is 2. The number of halogens is 1. The Morgan fingerprint density at radius 3 is 2.43 bits per heavy atom. The Morgan fingerprint density at radius 2 is 1.72 bits per heavy atom. The smallest absolute Gasteiger partial charge is 0.410 e. The Balaban J connectivity index is 0.850. The van der Waals surface area contributed by atoms with Gasteiger partial charge < -0.3 is 24.4 Å². The fraction of sp³-hybridized carbons (Fsp3) is 0.523. The number of fused-ring (bicyclic) bond motifs is 1. The molecule has 308 valence electrons. The summed E-state index contributed by atoms with van der Waals surface area (Å²) in [5.41, 5.74) is 1.80. The summed E-state index contributed by atoms with van der Waals surface area (Å²) in [6.45, 7) is 12.3. The number of anilines is 1. The van der Waals surface area contributed by atoms with Gasteiger partial charge in [-0.1, -0.05) is 41.9 Å². The molecule has 58 heavy (non-hydrogen) atoms. The fourth-order valence-corrected chi connectivity index (χ4v) is 10.2. The highest BCUT2D eigenvalue weighted by atomic mass is 35.5. The van der Waals surface area contributed by atoms with E-state index >= 15 is 0 Å². The van der Waals surface area contributed by atoms with E-state index in [1.165, 1.54) is 25.7 Å². The molecule has 1 saturated heterocycles. The van der Waals surface area contributed by atoms with Crippen LogP contribution in [0.4, 0.5) is 10.6 Å². The van der Waals surface area contributed by atoms with Crippen LogP contribution in [0.1, 0.15) is 102 Å². The van der Waals surface area contributed by atoms with Gasteiger partial charge in [-0.2, -0.15) is 0 Å². The van der Waals surface area contributed by atoms with Gasteiger partial charge in [-0.05, 0) is 126 Å². The van der Waals surface area contributed by atoms with E-state index in [1.54, 1.807) is 29.1 Å². The summed E-state index contributed by atoms with van der Waals surface area (Å²) in [6, 6.07) is 18.8. The van der Waals surface area contributed by atoms with Gasteiger partial charge in [-0.25, -0.2) is 19.4 Å². The molecule has 1 atom stereocenters. The number of pyridine rings is 2. The van der Waals surface area contributed by atoms with Crippen molar-refractivity contribution in [3.8, 4) is 17.4 Å². The normalized spacial score (nSPS) is 19.6. The number of likely N-dealkylation sites (tertiary alicyclic amines) is 1. The second-order valence-electron chi connectivity index (χ2n) is 18.0. The molecule has 4 aromatic rings. The molecular weight excluding hydrogens is 774 g/mol. The number of hydrogen-bond acceptors (Lipinski definition) is 10. The Bertz CT molecular complexity index is 2110. The molecule has 2 spiro atoms.